The number of nitrogens with zero attached hydrogens (tertiary/aromatic N) is 1. The molecule has 7 heteroatoms. The monoisotopic (exact) mass is 299 g/mol. The first-order valence-corrected chi connectivity index (χ1v) is 7.37. The maximum absolute atomic E-state index is 12.4. The zero-order valence-corrected chi connectivity index (χ0v) is 12.7. The molecule has 1 saturated heterocycles. The van der Waals surface area contributed by atoms with Gasteiger partial charge < -0.3 is 21.1 Å². The fourth-order valence-corrected chi connectivity index (χ4v) is 2.63. The van der Waals surface area contributed by atoms with Crippen molar-refractivity contribution in [3.8, 4) is 0 Å². The van der Waals surface area contributed by atoms with E-state index in [4.69, 9.17) is 10.8 Å². The number of amides is 3. The van der Waals surface area contributed by atoms with Crippen LogP contribution < -0.4 is 11.1 Å². The summed E-state index contributed by atoms with van der Waals surface area (Å²) >= 11 is 0. The molecule has 0 aromatic carbocycles. The normalized spacial score (nSPS) is 17.6. The third-order valence-corrected chi connectivity index (χ3v) is 3.92. The number of primary amides is 1. The average Bonchev–Trinajstić information content (AvgIpc) is 2.42. The second kappa shape index (κ2) is 7.85. The predicted molar refractivity (Wildman–Crippen MR) is 77.5 cm³/mol. The van der Waals surface area contributed by atoms with Crippen LogP contribution >= 0.6 is 0 Å². The number of carboxylic acids is 1. The largest absolute Gasteiger partial charge is 0.481 e. The molecule has 1 rings (SSSR count). The van der Waals surface area contributed by atoms with Crippen molar-refractivity contribution in [1.29, 1.82) is 0 Å². The van der Waals surface area contributed by atoms with Crippen LogP contribution in [0.3, 0.4) is 0 Å². The highest BCUT2D eigenvalue weighted by atomic mass is 16.4. The highest BCUT2D eigenvalue weighted by Crippen LogP contribution is 2.23. The van der Waals surface area contributed by atoms with Crippen molar-refractivity contribution in [3.05, 3.63) is 0 Å². The number of urea groups is 1. The van der Waals surface area contributed by atoms with Gasteiger partial charge in [0.05, 0.1) is 0 Å². The summed E-state index contributed by atoms with van der Waals surface area (Å²) in [6, 6.07) is -1.29. The number of likely N-dealkylation sites (tertiary alicyclic amines) is 1. The molecule has 1 atom stereocenters. The zero-order valence-electron chi connectivity index (χ0n) is 12.7. The smallest absolute Gasteiger partial charge is 0.312 e. The number of carbonyl (C=O) groups is 3. The molecule has 1 aliphatic rings. The van der Waals surface area contributed by atoms with E-state index in [1.54, 1.807) is 4.90 Å². The first-order valence-electron chi connectivity index (χ1n) is 7.37. The average molecular weight is 299 g/mol. The Hall–Kier alpha value is -1.79. The van der Waals surface area contributed by atoms with E-state index in [1.807, 2.05) is 13.8 Å². The number of nitrogens with two attached hydrogens (primary N) is 1. The van der Waals surface area contributed by atoms with E-state index in [2.05, 4.69) is 5.32 Å². The minimum atomic E-state index is -0.779. The number of rotatable bonds is 6. The molecule has 0 radical (unpaired) electrons. The predicted octanol–water partition coefficient (Wildman–Crippen LogP) is 0.783. The van der Waals surface area contributed by atoms with Crippen LogP contribution in [0.1, 0.15) is 39.5 Å². The molecule has 21 heavy (non-hydrogen) atoms. The third kappa shape index (κ3) is 5.61. The minimum Gasteiger partial charge on any atom is -0.481 e. The first kappa shape index (κ1) is 17.3. The summed E-state index contributed by atoms with van der Waals surface area (Å²) in [6.45, 7) is 4.93. The summed E-state index contributed by atoms with van der Waals surface area (Å²) in [4.78, 5) is 35.7. The molecule has 0 bridgehead atoms. The van der Waals surface area contributed by atoms with Crippen LogP contribution in [0.2, 0.25) is 0 Å². The second-order valence-corrected chi connectivity index (χ2v) is 5.93. The molecule has 1 fully saturated rings. The van der Waals surface area contributed by atoms with Gasteiger partial charge in [-0.3, -0.25) is 9.59 Å². The molecule has 0 spiro atoms. The SMILES string of the molecule is CC(C)C(NC(N)=O)C(=O)N1CCC(CCC(=O)O)CC1. The van der Waals surface area contributed by atoms with Crippen molar-refractivity contribution >= 4 is 17.9 Å². The number of hydrogen-bond donors (Lipinski definition) is 3. The summed E-state index contributed by atoms with van der Waals surface area (Å²) in [5.74, 6) is -0.569. The Balaban J connectivity index is 2.49. The van der Waals surface area contributed by atoms with Crippen LogP contribution in [0, 0.1) is 11.8 Å². The van der Waals surface area contributed by atoms with Crippen molar-refractivity contribution < 1.29 is 19.5 Å². The Labute approximate surface area is 124 Å². The molecular formula is C14H25N3O4. The lowest BCUT2D eigenvalue weighted by Crippen LogP contribution is -2.54. The molecule has 1 heterocycles. The maximum atomic E-state index is 12.4. The lowest BCUT2D eigenvalue weighted by atomic mass is 9.91. The van der Waals surface area contributed by atoms with Crippen molar-refractivity contribution in [1.82, 2.24) is 10.2 Å². The fourth-order valence-electron chi connectivity index (χ4n) is 2.63. The third-order valence-electron chi connectivity index (χ3n) is 3.92. The maximum Gasteiger partial charge on any atom is 0.312 e. The van der Waals surface area contributed by atoms with E-state index in [0.29, 0.717) is 25.4 Å². The van der Waals surface area contributed by atoms with Gasteiger partial charge in [-0.2, -0.15) is 0 Å². The molecule has 120 valence electrons. The fraction of sp³-hybridized carbons (Fsp3) is 0.786. The highest BCUT2D eigenvalue weighted by molar-refractivity contribution is 5.86. The van der Waals surface area contributed by atoms with Crippen LogP contribution in [0.15, 0.2) is 0 Å². The quantitative estimate of drug-likeness (QED) is 0.672. The van der Waals surface area contributed by atoms with E-state index in [1.165, 1.54) is 0 Å². The van der Waals surface area contributed by atoms with Gasteiger partial charge in [-0.15, -0.1) is 0 Å². The van der Waals surface area contributed by atoms with E-state index in [0.717, 1.165) is 12.8 Å². The Kier molecular flexibility index (Phi) is 6.45. The lowest BCUT2D eigenvalue weighted by molar-refractivity contribution is -0.138. The molecule has 1 aliphatic heterocycles. The van der Waals surface area contributed by atoms with Crippen molar-refractivity contribution in [2.24, 2.45) is 17.6 Å². The van der Waals surface area contributed by atoms with E-state index in [-0.39, 0.29) is 18.2 Å². The van der Waals surface area contributed by atoms with Crippen LogP contribution in [0.4, 0.5) is 4.79 Å². The summed E-state index contributed by atoms with van der Waals surface area (Å²) in [7, 11) is 0. The second-order valence-electron chi connectivity index (χ2n) is 5.93. The van der Waals surface area contributed by atoms with Gasteiger partial charge in [-0.05, 0) is 31.1 Å². The van der Waals surface area contributed by atoms with E-state index in [9.17, 15) is 14.4 Å². The standard InChI is InChI=1S/C14H25N3O4/c1-9(2)12(16-14(15)21)13(20)17-7-5-10(6-8-17)3-4-11(18)19/h9-10,12H,3-8H2,1-2H3,(H,18,19)(H3,15,16,21). The minimum absolute atomic E-state index is 0.0327. The number of nitrogens with one attached hydrogen (secondary N) is 1. The topological polar surface area (TPSA) is 113 Å². The van der Waals surface area contributed by atoms with Crippen molar-refractivity contribution in [2.75, 3.05) is 13.1 Å². The number of carboxylic acid groups (broad SMARTS) is 1. The van der Waals surface area contributed by atoms with Gasteiger partial charge in [0.25, 0.3) is 0 Å². The van der Waals surface area contributed by atoms with Gasteiger partial charge in [0, 0.05) is 19.5 Å². The molecule has 3 amide bonds. The van der Waals surface area contributed by atoms with Gasteiger partial charge in [0.2, 0.25) is 5.91 Å². The molecule has 0 saturated carbocycles. The number of aliphatic carboxylic acids is 1. The molecule has 0 aromatic heterocycles. The summed E-state index contributed by atoms with van der Waals surface area (Å²) in [6.07, 6.45) is 2.45. The molecule has 0 aromatic rings. The Morgan fingerprint density at radius 1 is 1.29 bits per heavy atom. The van der Waals surface area contributed by atoms with E-state index >= 15 is 0 Å². The van der Waals surface area contributed by atoms with E-state index < -0.39 is 18.0 Å². The number of hydrogen-bond acceptors (Lipinski definition) is 3. The summed E-state index contributed by atoms with van der Waals surface area (Å²) in [5.41, 5.74) is 5.11. The van der Waals surface area contributed by atoms with Crippen LogP contribution in [-0.4, -0.2) is 47.0 Å². The van der Waals surface area contributed by atoms with Gasteiger partial charge in [-0.25, -0.2) is 4.79 Å². The number of carbonyl (C=O) groups excluding carboxylic acids is 2. The number of piperidine rings is 1. The van der Waals surface area contributed by atoms with Crippen LogP contribution in [0.25, 0.3) is 0 Å². The first-order chi connectivity index (χ1) is 9.81. The van der Waals surface area contributed by atoms with Gasteiger partial charge in [0.15, 0.2) is 0 Å². The molecule has 4 N–H and O–H groups in total. The van der Waals surface area contributed by atoms with Gasteiger partial charge in [0.1, 0.15) is 6.04 Å². The van der Waals surface area contributed by atoms with Crippen molar-refractivity contribution in [3.63, 3.8) is 0 Å². The Bertz CT molecular complexity index is 390. The molecule has 1 unspecified atom stereocenters. The molecule has 7 nitrogen and oxygen atoms in total. The zero-order chi connectivity index (χ0) is 16.0. The Morgan fingerprint density at radius 2 is 1.86 bits per heavy atom. The van der Waals surface area contributed by atoms with Crippen LogP contribution in [-0.2, 0) is 9.59 Å². The summed E-state index contributed by atoms with van der Waals surface area (Å²) < 4.78 is 0. The molecular weight excluding hydrogens is 274 g/mol. The molecule has 0 aliphatic carbocycles. The van der Waals surface area contributed by atoms with Gasteiger partial charge >= 0.3 is 12.0 Å². The Morgan fingerprint density at radius 3 is 2.29 bits per heavy atom. The van der Waals surface area contributed by atoms with Crippen molar-refractivity contribution in [2.45, 2.75) is 45.6 Å². The highest BCUT2D eigenvalue weighted by Gasteiger charge is 2.30. The summed E-state index contributed by atoms with van der Waals surface area (Å²) in [5, 5.41) is 11.2. The van der Waals surface area contributed by atoms with Gasteiger partial charge in [-0.1, -0.05) is 13.8 Å². The van der Waals surface area contributed by atoms with Crippen LogP contribution in [0.5, 0.6) is 0 Å². The lowest BCUT2D eigenvalue weighted by Gasteiger charge is -2.35.